The zero-order valence-corrected chi connectivity index (χ0v) is 10.6. The van der Waals surface area contributed by atoms with Crippen LogP contribution in [0.5, 0.6) is 0 Å². The van der Waals surface area contributed by atoms with Crippen molar-refractivity contribution >= 4 is 23.2 Å². The second kappa shape index (κ2) is 5.32. The average molecular weight is 269 g/mol. The van der Waals surface area contributed by atoms with Gasteiger partial charge in [0.25, 0.3) is 0 Å². The molecule has 18 heavy (non-hydrogen) atoms. The number of aryl methyl sites for hydroxylation is 1. The highest BCUT2D eigenvalue weighted by molar-refractivity contribution is 6.29. The van der Waals surface area contributed by atoms with Crippen molar-refractivity contribution in [2.45, 2.75) is 12.8 Å². The standard InChI is InChI=1S/C11H13ClN4O2/c1-13-4-2-3-8-7(11(17)18)6-14-10-5-9(12)15-16(8)10/h5-6,13H,2-4H2,1H3,(H,17,18). The largest absolute Gasteiger partial charge is 0.478 e. The van der Waals surface area contributed by atoms with E-state index in [-0.39, 0.29) is 5.56 Å². The van der Waals surface area contributed by atoms with Gasteiger partial charge in [-0.25, -0.2) is 14.3 Å². The van der Waals surface area contributed by atoms with Gasteiger partial charge in [0, 0.05) is 12.3 Å². The van der Waals surface area contributed by atoms with Gasteiger partial charge in [0.05, 0.1) is 11.3 Å². The van der Waals surface area contributed by atoms with Crippen LogP contribution in [0.3, 0.4) is 0 Å². The Kier molecular flexibility index (Phi) is 3.78. The Balaban J connectivity index is 2.48. The molecular weight excluding hydrogens is 256 g/mol. The highest BCUT2D eigenvalue weighted by Gasteiger charge is 2.15. The SMILES string of the molecule is CNCCCc1c(C(=O)O)cnc2cc(Cl)nn12. The number of aromatic nitrogens is 3. The summed E-state index contributed by atoms with van der Waals surface area (Å²) in [5.41, 5.74) is 1.34. The lowest BCUT2D eigenvalue weighted by molar-refractivity contribution is 0.0694. The summed E-state index contributed by atoms with van der Waals surface area (Å²) in [6.45, 7) is 0.803. The molecule has 2 rings (SSSR count). The number of carboxylic acids is 1. The zero-order chi connectivity index (χ0) is 13.1. The molecule has 0 fully saturated rings. The predicted octanol–water partition coefficient (Wildman–Crippen LogP) is 1.23. The van der Waals surface area contributed by atoms with Crippen molar-refractivity contribution in [2.24, 2.45) is 0 Å². The molecule has 0 amide bonds. The minimum Gasteiger partial charge on any atom is -0.478 e. The number of hydrogen-bond donors (Lipinski definition) is 2. The molecule has 0 saturated heterocycles. The number of hydrogen-bond acceptors (Lipinski definition) is 4. The lowest BCUT2D eigenvalue weighted by atomic mass is 10.1. The molecule has 0 unspecified atom stereocenters. The third-order valence-corrected chi connectivity index (χ3v) is 2.81. The molecule has 0 aliphatic rings. The van der Waals surface area contributed by atoms with Crippen LogP contribution in [0, 0.1) is 0 Å². The lowest BCUT2D eigenvalue weighted by Gasteiger charge is -2.07. The van der Waals surface area contributed by atoms with Crippen LogP contribution < -0.4 is 5.32 Å². The summed E-state index contributed by atoms with van der Waals surface area (Å²) in [4.78, 5) is 15.2. The first-order chi connectivity index (χ1) is 8.63. The number of carbonyl (C=O) groups is 1. The molecule has 7 heteroatoms. The van der Waals surface area contributed by atoms with Gasteiger partial charge < -0.3 is 10.4 Å². The van der Waals surface area contributed by atoms with Crippen molar-refractivity contribution in [3.05, 3.63) is 28.7 Å². The van der Waals surface area contributed by atoms with Crippen molar-refractivity contribution in [3.8, 4) is 0 Å². The van der Waals surface area contributed by atoms with Crippen LogP contribution in [0.1, 0.15) is 22.5 Å². The Morgan fingerprint density at radius 1 is 1.61 bits per heavy atom. The van der Waals surface area contributed by atoms with Crippen molar-refractivity contribution in [1.29, 1.82) is 0 Å². The zero-order valence-electron chi connectivity index (χ0n) is 9.85. The lowest BCUT2D eigenvalue weighted by Crippen LogP contribution is -2.14. The van der Waals surface area contributed by atoms with Crippen LogP contribution in [0.25, 0.3) is 5.65 Å². The van der Waals surface area contributed by atoms with Crippen LogP contribution in [-0.2, 0) is 6.42 Å². The molecule has 0 radical (unpaired) electrons. The maximum Gasteiger partial charge on any atom is 0.339 e. The summed E-state index contributed by atoms with van der Waals surface area (Å²) in [6.07, 6.45) is 2.76. The highest BCUT2D eigenvalue weighted by atomic mass is 35.5. The third kappa shape index (κ3) is 2.44. The summed E-state index contributed by atoms with van der Waals surface area (Å²) in [5.74, 6) is -1.00. The molecular formula is C11H13ClN4O2. The molecule has 0 spiro atoms. The van der Waals surface area contributed by atoms with Gasteiger partial charge in [-0.2, -0.15) is 5.10 Å². The summed E-state index contributed by atoms with van der Waals surface area (Å²) in [5, 5.41) is 16.6. The van der Waals surface area contributed by atoms with Gasteiger partial charge in [-0.05, 0) is 26.4 Å². The normalized spacial score (nSPS) is 11.0. The summed E-state index contributed by atoms with van der Waals surface area (Å²) >= 11 is 5.82. The molecule has 6 nitrogen and oxygen atoms in total. The molecule has 2 aromatic heterocycles. The van der Waals surface area contributed by atoms with Crippen LogP contribution >= 0.6 is 11.6 Å². The van der Waals surface area contributed by atoms with E-state index in [0.29, 0.717) is 22.9 Å². The number of aromatic carboxylic acids is 1. The number of fused-ring (bicyclic) bond motifs is 1. The van der Waals surface area contributed by atoms with E-state index in [1.165, 1.54) is 10.7 Å². The van der Waals surface area contributed by atoms with Crippen molar-refractivity contribution in [2.75, 3.05) is 13.6 Å². The van der Waals surface area contributed by atoms with Gasteiger partial charge in [-0.3, -0.25) is 0 Å². The molecule has 0 aliphatic heterocycles. The van der Waals surface area contributed by atoms with E-state index in [1.54, 1.807) is 6.07 Å². The second-order valence-corrected chi connectivity index (χ2v) is 4.26. The minimum atomic E-state index is -1.00. The Morgan fingerprint density at radius 3 is 3.06 bits per heavy atom. The number of carboxylic acid groups (broad SMARTS) is 1. The van der Waals surface area contributed by atoms with Gasteiger partial charge in [-0.15, -0.1) is 0 Å². The number of halogens is 1. The molecule has 0 aliphatic carbocycles. The quantitative estimate of drug-likeness (QED) is 0.798. The molecule has 96 valence electrons. The van der Waals surface area contributed by atoms with E-state index in [2.05, 4.69) is 15.4 Å². The van der Waals surface area contributed by atoms with Gasteiger partial charge in [-0.1, -0.05) is 11.6 Å². The van der Waals surface area contributed by atoms with Gasteiger partial charge in [0.1, 0.15) is 0 Å². The highest BCUT2D eigenvalue weighted by Crippen LogP contribution is 2.16. The van der Waals surface area contributed by atoms with E-state index < -0.39 is 5.97 Å². The van der Waals surface area contributed by atoms with Crippen molar-refractivity contribution in [1.82, 2.24) is 19.9 Å². The van der Waals surface area contributed by atoms with E-state index >= 15 is 0 Å². The van der Waals surface area contributed by atoms with Crippen LogP contribution in [-0.4, -0.2) is 39.3 Å². The Bertz CT molecular complexity index is 582. The topological polar surface area (TPSA) is 79.5 Å². The van der Waals surface area contributed by atoms with Gasteiger partial charge >= 0.3 is 5.97 Å². The van der Waals surface area contributed by atoms with Crippen LogP contribution in [0.4, 0.5) is 0 Å². The van der Waals surface area contributed by atoms with E-state index in [0.717, 1.165) is 13.0 Å². The summed E-state index contributed by atoms with van der Waals surface area (Å²) < 4.78 is 1.50. The molecule has 2 heterocycles. The molecule has 2 N–H and O–H groups in total. The fraction of sp³-hybridized carbons (Fsp3) is 0.364. The number of nitrogens with one attached hydrogen (secondary N) is 1. The Labute approximate surface area is 109 Å². The third-order valence-electron chi connectivity index (χ3n) is 2.62. The minimum absolute atomic E-state index is 0.165. The smallest absolute Gasteiger partial charge is 0.339 e. The predicted molar refractivity (Wildman–Crippen MR) is 67.2 cm³/mol. The van der Waals surface area contributed by atoms with E-state index in [1.807, 2.05) is 7.05 Å². The monoisotopic (exact) mass is 268 g/mol. The van der Waals surface area contributed by atoms with Crippen molar-refractivity contribution < 1.29 is 9.90 Å². The Hall–Kier alpha value is -1.66. The fourth-order valence-electron chi connectivity index (χ4n) is 1.81. The van der Waals surface area contributed by atoms with Gasteiger partial charge in [0.15, 0.2) is 10.8 Å². The first kappa shape index (κ1) is 12.8. The fourth-order valence-corrected chi connectivity index (χ4v) is 1.98. The summed E-state index contributed by atoms with van der Waals surface area (Å²) in [6, 6.07) is 1.61. The van der Waals surface area contributed by atoms with Crippen molar-refractivity contribution in [3.63, 3.8) is 0 Å². The van der Waals surface area contributed by atoms with E-state index in [4.69, 9.17) is 16.7 Å². The van der Waals surface area contributed by atoms with Crippen LogP contribution in [0.2, 0.25) is 5.15 Å². The molecule has 0 saturated carbocycles. The maximum atomic E-state index is 11.2. The van der Waals surface area contributed by atoms with Crippen LogP contribution in [0.15, 0.2) is 12.3 Å². The molecule has 2 aromatic rings. The first-order valence-corrected chi connectivity index (χ1v) is 5.92. The molecule has 0 aromatic carbocycles. The average Bonchev–Trinajstić information content (AvgIpc) is 2.69. The molecule has 0 atom stereocenters. The first-order valence-electron chi connectivity index (χ1n) is 5.54. The van der Waals surface area contributed by atoms with Gasteiger partial charge in [0.2, 0.25) is 0 Å². The Morgan fingerprint density at radius 2 is 2.39 bits per heavy atom. The number of rotatable bonds is 5. The molecule has 0 bridgehead atoms. The summed E-state index contributed by atoms with van der Waals surface area (Å²) in [7, 11) is 1.85. The second-order valence-electron chi connectivity index (χ2n) is 3.87. The number of nitrogens with zero attached hydrogens (tertiary/aromatic N) is 3. The maximum absolute atomic E-state index is 11.2. The van der Waals surface area contributed by atoms with E-state index in [9.17, 15) is 4.79 Å².